The molecule has 0 heterocycles. The van der Waals surface area contributed by atoms with Crippen LogP contribution in [0.5, 0.6) is 0 Å². The zero-order valence-electron chi connectivity index (χ0n) is 43.0. The van der Waals surface area contributed by atoms with Crippen molar-refractivity contribution in [2.24, 2.45) is 22.9 Å². The number of rotatable bonds is 49. The van der Waals surface area contributed by atoms with Crippen LogP contribution in [0, 0.1) is 0 Å². The minimum Gasteiger partial charge on any atom is -0.356 e. The molecular weight excluding hydrogens is 843 g/mol. The Balaban J connectivity index is 5.21. The van der Waals surface area contributed by atoms with Gasteiger partial charge < -0.3 is 43.8 Å². The molecule has 0 radical (unpaired) electrons. The van der Waals surface area contributed by atoms with E-state index in [1.54, 1.807) is 0 Å². The van der Waals surface area contributed by atoms with Gasteiger partial charge >= 0.3 is 0 Å². The molecular formula is C53H103N9O5. The first-order valence-corrected chi connectivity index (χ1v) is 27.1. The van der Waals surface area contributed by atoms with Gasteiger partial charge in [0, 0.05) is 58.5 Å². The van der Waals surface area contributed by atoms with Crippen LogP contribution in [0.1, 0.15) is 206 Å². The van der Waals surface area contributed by atoms with Crippen LogP contribution in [0.15, 0.2) is 24.3 Å². The van der Waals surface area contributed by atoms with Crippen LogP contribution in [0.25, 0.3) is 0 Å². The molecule has 0 bridgehead atoms. The minimum absolute atomic E-state index is 0.00432. The largest absolute Gasteiger partial charge is 0.356 e. The van der Waals surface area contributed by atoms with E-state index in [1.807, 2.05) is 11.0 Å². The van der Waals surface area contributed by atoms with Crippen molar-refractivity contribution in [2.45, 2.75) is 219 Å². The third-order valence-electron chi connectivity index (χ3n) is 12.2. The molecule has 0 rings (SSSR count). The molecule has 0 aromatic heterocycles. The number of unbranched alkanes of at least 4 members (excludes halogenated alkanes) is 15. The SMILES string of the molecule is CC/C=C\CCC(=O)NCCCCN(CCCNC(=O)CCCCCCC/C=C\CCCCCCCC)C(=O)CN(CCCCC(=O)[C@H](N)CCCCN)CCCNC(=O)[C@H](N)CCCCN. The first-order valence-electron chi connectivity index (χ1n) is 27.1. The van der Waals surface area contributed by atoms with E-state index >= 15 is 0 Å². The van der Waals surface area contributed by atoms with Crippen molar-refractivity contribution in [2.75, 3.05) is 65.4 Å². The number of Topliss-reactive ketones (excluding diaryl/α,β-unsaturated/α-hetero) is 1. The zero-order valence-corrected chi connectivity index (χ0v) is 43.0. The molecule has 0 spiro atoms. The molecule has 67 heavy (non-hydrogen) atoms. The standard InChI is InChI=1S/C53H103N9O5/c1-3-5-7-9-10-11-12-13-14-15-16-17-18-19-21-36-51(65)59-40-31-45-62(44-29-27-39-58-50(64)35-20-8-6-4-2)52(66)46-61(42-28-24-34-49(63)47(56)32-22-25-37-54)43-30-41-60-53(67)48(57)33-23-26-38-55/h6,8,13-14,47-48H,3-5,7,9-12,15-46,54-57H2,1-2H3,(H,58,64)(H,59,65)(H,60,67)/b8-6-,14-13-/t47-,48-/m1/s1. The van der Waals surface area contributed by atoms with Crippen molar-refractivity contribution in [1.29, 1.82) is 0 Å². The van der Waals surface area contributed by atoms with Crippen LogP contribution in [-0.4, -0.2) is 117 Å². The number of ketones is 1. The normalized spacial score (nSPS) is 12.5. The monoisotopic (exact) mass is 946 g/mol. The molecule has 390 valence electrons. The molecule has 0 saturated carbocycles. The summed E-state index contributed by atoms with van der Waals surface area (Å²) in [5.74, 6) is -0.0459. The van der Waals surface area contributed by atoms with E-state index in [1.165, 1.54) is 57.8 Å². The molecule has 0 aliphatic rings. The van der Waals surface area contributed by atoms with Crippen molar-refractivity contribution in [3.8, 4) is 0 Å². The molecule has 0 aliphatic carbocycles. The highest BCUT2D eigenvalue weighted by molar-refractivity contribution is 5.83. The van der Waals surface area contributed by atoms with Crippen LogP contribution in [0.2, 0.25) is 0 Å². The number of carbonyl (C=O) groups is 5. The second kappa shape index (κ2) is 47.9. The van der Waals surface area contributed by atoms with Crippen LogP contribution >= 0.6 is 0 Å². The molecule has 14 nitrogen and oxygen atoms in total. The summed E-state index contributed by atoms with van der Waals surface area (Å²) in [6.45, 7) is 9.41. The van der Waals surface area contributed by atoms with Gasteiger partial charge in [0.15, 0.2) is 0 Å². The molecule has 0 unspecified atom stereocenters. The Bertz CT molecular complexity index is 1250. The van der Waals surface area contributed by atoms with Gasteiger partial charge in [-0.15, -0.1) is 0 Å². The summed E-state index contributed by atoms with van der Waals surface area (Å²) in [5, 5.41) is 9.03. The molecule has 0 fully saturated rings. The Hall–Kier alpha value is -3.17. The topological polar surface area (TPSA) is 232 Å². The van der Waals surface area contributed by atoms with E-state index in [-0.39, 0.29) is 36.0 Å². The quantitative estimate of drug-likeness (QED) is 0.0235. The maximum absolute atomic E-state index is 14.0. The Morgan fingerprint density at radius 3 is 1.64 bits per heavy atom. The van der Waals surface area contributed by atoms with Crippen molar-refractivity contribution in [3.63, 3.8) is 0 Å². The van der Waals surface area contributed by atoms with Gasteiger partial charge in [-0.05, 0) is 129 Å². The number of nitrogens with one attached hydrogen (secondary N) is 3. The van der Waals surface area contributed by atoms with E-state index in [9.17, 15) is 24.0 Å². The summed E-state index contributed by atoms with van der Waals surface area (Å²) >= 11 is 0. The second-order valence-electron chi connectivity index (χ2n) is 18.5. The van der Waals surface area contributed by atoms with E-state index < -0.39 is 12.1 Å². The predicted octanol–water partition coefficient (Wildman–Crippen LogP) is 7.46. The smallest absolute Gasteiger partial charge is 0.236 e. The summed E-state index contributed by atoms with van der Waals surface area (Å²) in [7, 11) is 0. The predicted molar refractivity (Wildman–Crippen MR) is 279 cm³/mol. The first-order chi connectivity index (χ1) is 32.6. The van der Waals surface area contributed by atoms with Crippen LogP contribution in [0.3, 0.4) is 0 Å². The minimum atomic E-state index is -0.579. The summed E-state index contributed by atoms with van der Waals surface area (Å²) in [4.78, 5) is 68.4. The third kappa shape index (κ3) is 41.5. The fourth-order valence-electron chi connectivity index (χ4n) is 7.88. The number of carbonyl (C=O) groups excluding carboxylic acids is 5. The Morgan fingerprint density at radius 1 is 0.478 bits per heavy atom. The number of hydrogen-bond acceptors (Lipinski definition) is 10. The Kier molecular flexibility index (Phi) is 45.6. The fraction of sp³-hybridized carbons (Fsp3) is 0.830. The fourth-order valence-corrected chi connectivity index (χ4v) is 7.88. The Labute approximate surface area is 409 Å². The van der Waals surface area contributed by atoms with Crippen molar-refractivity contribution < 1.29 is 24.0 Å². The third-order valence-corrected chi connectivity index (χ3v) is 12.2. The molecule has 0 saturated heterocycles. The molecule has 0 aliphatic heterocycles. The number of hydrogen-bond donors (Lipinski definition) is 7. The molecule has 11 N–H and O–H groups in total. The van der Waals surface area contributed by atoms with Crippen LogP contribution in [0.4, 0.5) is 0 Å². The number of nitrogens with two attached hydrogens (primary N) is 4. The molecule has 2 atom stereocenters. The molecule has 0 aromatic rings. The van der Waals surface area contributed by atoms with Crippen molar-refractivity contribution in [1.82, 2.24) is 25.8 Å². The lowest BCUT2D eigenvalue weighted by Crippen LogP contribution is -2.44. The lowest BCUT2D eigenvalue weighted by molar-refractivity contribution is -0.133. The van der Waals surface area contributed by atoms with E-state index in [4.69, 9.17) is 22.9 Å². The molecule has 4 amide bonds. The number of amides is 4. The summed E-state index contributed by atoms with van der Waals surface area (Å²) < 4.78 is 0. The first kappa shape index (κ1) is 63.8. The van der Waals surface area contributed by atoms with Gasteiger partial charge in [-0.25, -0.2) is 0 Å². The van der Waals surface area contributed by atoms with Gasteiger partial charge in [-0.3, -0.25) is 28.9 Å². The van der Waals surface area contributed by atoms with E-state index in [0.29, 0.717) is 110 Å². The van der Waals surface area contributed by atoms with Gasteiger partial charge in [0.25, 0.3) is 0 Å². The second-order valence-corrected chi connectivity index (χ2v) is 18.5. The van der Waals surface area contributed by atoms with Crippen LogP contribution in [-0.2, 0) is 24.0 Å². The van der Waals surface area contributed by atoms with Gasteiger partial charge in [0.05, 0.1) is 18.6 Å². The maximum Gasteiger partial charge on any atom is 0.236 e. The van der Waals surface area contributed by atoms with Gasteiger partial charge in [-0.1, -0.05) is 102 Å². The van der Waals surface area contributed by atoms with Crippen molar-refractivity contribution in [3.05, 3.63) is 24.3 Å². The number of nitrogens with zero attached hydrogens (tertiary/aromatic N) is 2. The van der Waals surface area contributed by atoms with Crippen LogP contribution < -0.4 is 38.9 Å². The average molecular weight is 946 g/mol. The highest BCUT2D eigenvalue weighted by atomic mass is 16.2. The molecule has 14 heteroatoms. The van der Waals surface area contributed by atoms with Gasteiger partial charge in [0.1, 0.15) is 5.78 Å². The highest BCUT2D eigenvalue weighted by Crippen LogP contribution is 2.11. The average Bonchev–Trinajstić information content (AvgIpc) is 3.31. The summed E-state index contributed by atoms with van der Waals surface area (Å²) in [6.07, 6.45) is 36.4. The highest BCUT2D eigenvalue weighted by Gasteiger charge is 2.19. The van der Waals surface area contributed by atoms with Gasteiger partial charge in [0.2, 0.25) is 23.6 Å². The molecule has 0 aromatic carbocycles. The zero-order chi connectivity index (χ0) is 49.4. The Morgan fingerprint density at radius 2 is 0.985 bits per heavy atom. The lowest BCUT2D eigenvalue weighted by atomic mass is 10.0. The van der Waals surface area contributed by atoms with Crippen molar-refractivity contribution >= 4 is 29.4 Å². The van der Waals surface area contributed by atoms with E-state index in [0.717, 1.165) is 83.5 Å². The van der Waals surface area contributed by atoms with E-state index in [2.05, 4.69) is 52.9 Å². The summed E-state index contributed by atoms with van der Waals surface area (Å²) in [6, 6.07) is -1.05. The van der Waals surface area contributed by atoms with Gasteiger partial charge in [-0.2, -0.15) is 0 Å². The number of allylic oxidation sites excluding steroid dienone is 4. The maximum atomic E-state index is 14.0. The lowest BCUT2D eigenvalue weighted by Gasteiger charge is -2.28. The summed E-state index contributed by atoms with van der Waals surface area (Å²) in [5.41, 5.74) is 23.4.